The molecular weight excluding hydrogens is 318 g/mol. The van der Waals surface area contributed by atoms with Gasteiger partial charge in [-0.15, -0.1) is 0 Å². The summed E-state index contributed by atoms with van der Waals surface area (Å²) in [7, 11) is 1.62. The maximum absolute atomic E-state index is 12.4. The van der Waals surface area contributed by atoms with E-state index in [9.17, 15) is 4.79 Å². The highest BCUT2D eigenvalue weighted by atomic mass is 16.5. The first-order valence-electron chi connectivity index (χ1n) is 8.22. The molecule has 0 spiro atoms. The van der Waals surface area contributed by atoms with E-state index in [-0.39, 0.29) is 5.56 Å². The van der Waals surface area contributed by atoms with E-state index in [0.29, 0.717) is 24.6 Å². The van der Waals surface area contributed by atoms with Gasteiger partial charge in [0.15, 0.2) is 0 Å². The van der Waals surface area contributed by atoms with Gasteiger partial charge in [-0.25, -0.2) is 15.0 Å². The lowest BCUT2D eigenvalue weighted by Crippen LogP contribution is -2.32. The first kappa shape index (κ1) is 15.7. The first-order chi connectivity index (χ1) is 12.1. The number of rotatable bonds is 3. The van der Waals surface area contributed by atoms with Crippen molar-refractivity contribution < 1.29 is 4.74 Å². The van der Waals surface area contributed by atoms with Crippen molar-refractivity contribution in [2.45, 2.75) is 26.4 Å². The highest BCUT2D eigenvalue weighted by Crippen LogP contribution is 2.24. The van der Waals surface area contributed by atoms with Gasteiger partial charge >= 0.3 is 0 Å². The lowest BCUT2D eigenvalue weighted by molar-refractivity contribution is 0.233. The van der Waals surface area contributed by atoms with E-state index >= 15 is 0 Å². The van der Waals surface area contributed by atoms with Gasteiger partial charge in [0.2, 0.25) is 5.88 Å². The van der Waals surface area contributed by atoms with E-state index in [0.717, 1.165) is 35.5 Å². The van der Waals surface area contributed by atoms with Crippen LogP contribution in [0.1, 0.15) is 22.5 Å². The molecule has 4 rings (SSSR count). The number of hydrogen-bond acceptors (Lipinski definition) is 6. The summed E-state index contributed by atoms with van der Waals surface area (Å²) in [5.41, 5.74) is 4.47. The Morgan fingerprint density at radius 3 is 3.00 bits per heavy atom. The Hall–Kier alpha value is -2.80. The molecule has 4 heterocycles. The summed E-state index contributed by atoms with van der Waals surface area (Å²) >= 11 is 0. The van der Waals surface area contributed by atoms with Crippen LogP contribution in [0.5, 0.6) is 5.88 Å². The summed E-state index contributed by atoms with van der Waals surface area (Å²) in [6.45, 7) is 4.12. The molecule has 0 aliphatic carbocycles. The van der Waals surface area contributed by atoms with Gasteiger partial charge in [0, 0.05) is 43.9 Å². The molecule has 0 fully saturated rings. The van der Waals surface area contributed by atoms with E-state index in [1.807, 2.05) is 25.3 Å². The van der Waals surface area contributed by atoms with Crippen molar-refractivity contribution in [2.24, 2.45) is 0 Å². The molecular formula is C18H19N5O2. The molecule has 0 amide bonds. The predicted molar refractivity (Wildman–Crippen MR) is 92.6 cm³/mol. The van der Waals surface area contributed by atoms with Crippen molar-refractivity contribution in [3.8, 4) is 5.88 Å². The smallest absolute Gasteiger partial charge is 0.258 e. The lowest BCUT2D eigenvalue weighted by Gasteiger charge is -2.28. The van der Waals surface area contributed by atoms with E-state index in [2.05, 4.69) is 19.9 Å². The van der Waals surface area contributed by atoms with Crippen LogP contribution < -0.4 is 10.3 Å². The Morgan fingerprint density at radius 1 is 1.28 bits per heavy atom. The first-order valence-corrected chi connectivity index (χ1v) is 8.22. The largest absolute Gasteiger partial charge is 0.481 e. The lowest BCUT2D eigenvalue weighted by atomic mass is 10.1. The molecule has 3 aromatic heterocycles. The van der Waals surface area contributed by atoms with Crippen LogP contribution >= 0.6 is 0 Å². The van der Waals surface area contributed by atoms with Crippen molar-refractivity contribution >= 4 is 5.65 Å². The number of nitrogens with zero attached hydrogens (tertiary/aromatic N) is 5. The number of methoxy groups -OCH3 is 1. The fraction of sp³-hybridized carbons (Fsp3) is 0.333. The van der Waals surface area contributed by atoms with Crippen LogP contribution in [0.15, 0.2) is 35.5 Å². The van der Waals surface area contributed by atoms with Crippen LogP contribution in [0.4, 0.5) is 0 Å². The second-order valence-electron chi connectivity index (χ2n) is 6.29. The number of aryl methyl sites for hydroxylation is 1. The second kappa shape index (κ2) is 6.25. The van der Waals surface area contributed by atoms with E-state index in [1.165, 1.54) is 0 Å². The Bertz CT molecular complexity index is 984. The van der Waals surface area contributed by atoms with Crippen molar-refractivity contribution in [3.05, 3.63) is 63.6 Å². The monoisotopic (exact) mass is 337 g/mol. The van der Waals surface area contributed by atoms with Gasteiger partial charge in [-0.1, -0.05) is 6.07 Å². The third-order valence-corrected chi connectivity index (χ3v) is 4.48. The predicted octanol–water partition coefficient (Wildman–Crippen LogP) is 1.36. The summed E-state index contributed by atoms with van der Waals surface area (Å²) in [5, 5.41) is 0. The molecule has 3 aromatic rings. The minimum Gasteiger partial charge on any atom is -0.481 e. The highest BCUT2D eigenvalue weighted by molar-refractivity contribution is 5.40. The highest BCUT2D eigenvalue weighted by Gasteiger charge is 2.22. The molecule has 1 aliphatic rings. The zero-order valence-corrected chi connectivity index (χ0v) is 14.3. The third kappa shape index (κ3) is 2.98. The zero-order chi connectivity index (χ0) is 17.4. The van der Waals surface area contributed by atoms with E-state index < -0.39 is 0 Å². The van der Waals surface area contributed by atoms with Crippen LogP contribution in [-0.4, -0.2) is 37.9 Å². The molecule has 0 unspecified atom stereocenters. The Kier molecular flexibility index (Phi) is 3.93. The second-order valence-corrected chi connectivity index (χ2v) is 6.29. The van der Waals surface area contributed by atoms with Gasteiger partial charge in [-0.05, 0) is 18.6 Å². The maximum atomic E-state index is 12.4. The van der Waals surface area contributed by atoms with Gasteiger partial charge in [0.05, 0.1) is 18.5 Å². The van der Waals surface area contributed by atoms with E-state index in [1.54, 1.807) is 23.9 Å². The summed E-state index contributed by atoms with van der Waals surface area (Å²) in [6, 6.07) is 5.45. The fourth-order valence-electron chi connectivity index (χ4n) is 3.25. The maximum Gasteiger partial charge on any atom is 0.258 e. The molecule has 0 saturated heterocycles. The number of aromatic nitrogens is 4. The van der Waals surface area contributed by atoms with Crippen molar-refractivity contribution in [3.63, 3.8) is 0 Å². The van der Waals surface area contributed by atoms with Crippen molar-refractivity contribution in [1.82, 2.24) is 24.3 Å². The third-order valence-electron chi connectivity index (χ3n) is 4.48. The number of pyridine rings is 1. The summed E-state index contributed by atoms with van der Waals surface area (Å²) in [4.78, 5) is 27.8. The van der Waals surface area contributed by atoms with Gasteiger partial charge < -0.3 is 4.74 Å². The Balaban J connectivity index is 1.62. The molecule has 7 heteroatoms. The van der Waals surface area contributed by atoms with Gasteiger partial charge in [0.1, 0.15) is 12.0 Å². The Labute approximate surface area is 144 Å². The van der Waals surface area contributed by atoms with Crippen LogP contribution in [0, 0.1) is 6.92 Å². The molecule has 1 aliphatic heterocycles. The number of fused-ring (bicyclic) bond motifs is 2. The zero-order valence-electron chi connectivity index (χ0n) is 14.3. The molecule has 0 atom stereocenters. The van der Waals surface area contributed by atoms with Crippen LogP contribution in [0.25, 0.3) is 5.65 Å². The van der Waals surface area contributed by atoms with E-state index in [4.69, 9.17) is 4.74 Å². The van der Waals surface area contributed by atoms with Gasteiger partial charge in [-0.2, -0.15) is 0 Å². The minimum atomic E-state index is -0.0537. The molecule has 0 radical (unpaired) electrons. The van der Waals surface area contributed by atoms with Crippen LogP contribution in [0.2, 0.25) is 0 Å². The summed E-state index contributed by atoms with van der Waals surface area (Å²) < 4.78 is 6.94. The topological polar surface area (TPSA) is 72.6 Å². The molecule has 7 nitrogen and oxygen atoms in total. The quantitative estimate of drug-likeness (QED) is 0.718. The summed E-state index contributed by atoms with van der Waals surface area (Å²) in [6.07, 6.45) is 4.19. The van der Waals surface area contributed by atoms with Gasteiger partial charge in [0.25, 0.3) is 5.56 Å². The normalized spacial score (nSPS) is 14.5. The fourth-order valence-corrected chi connectivity index (χ4v) is 3.25. The SMILES string of the molecule is COc1ncnc2c1CN(Cc1cc(=O)n3cc(C)ccc3n1)CC2. The minimum absolute atomic E-state index is 0.0537. The molecule has 0 bridgehead atoms. The number of ether oxygens (including phenoxy) is 1. The average Bonchev–Trinajstić information content (AvgIpc) is 2.62. The summed E-state index contributed by atoms with van der Waals surface area (Å²) in [5.74, 6) is 0.622. The van der Waals surface area contributed by atoms with Crippen molar-refractivity contribution in [1.29, 1.82) is 0 Å². The van der Waals surface area contributed by atoms with Crippen molar-refractivity contribution in [2.75, 3.05) is 13.7 Å². The number of hydrogen-bond donors (Lipinski definition) is 0. The molecule has 0 N–H and O–H groups in total. The molecule has 128 valence electrons. The molecule has 0 aromatic carbocycles. The Morgan fingerprint density at radius 2 is 2.16 bits per heavy atom. The van der Waals surface area contributed by atoms with Crippen LogP contribution in [0.3, 0.4) is 0 Å². The molecule has 0 saturated carbocycles. The standard InChI is InChI=1S/C18H19N5O2/c1-12-3-4-16-21-13(7-17(24)23(16)8-12)9-22-6-5-15-14(10-22)18(25-2)20-11-19-15/h3-4,7-8,11H,5-6,9-10H2,1-2H3. The van der Waals surface area contributed by atoms with Crippen LogP contribution in [-0.2, 0) is 19.5 Å². The van der Waals surface area contributed by atoms with Gasteiger partial charge in [-0.3, -0.25) is 14.1 Å². The average molecular weight is 337 g/mol. The molecule has 25 heavy (non-hydrogen) atoms.